The number of fused-ring (bicyclic) bond motifs is 2. The van der Waals surface area contributed by atoms with Gasteiger partial charge >= 0.3 is 0 Å². The van der Waals surface area contributed by atoms with Crippen molar-refractivity contribution >= 4 is 5.71 Å². The molecule has 112 valence electrons. The van der Waals surface area contributed by atoms with E-state index in [1.54, 1.807) is 12.4 Å². The van der Waals surface area contributed by atoms with E-state index in [2.05, 4.69) is 34.4 Å². The van der Waals surface area contributed by atoms with E-state index >= 15 is 0 Å². The Morgan fingerprint density at radius 2 is 1.70 bits per heavy atom. The number of oxime groups is 1. The minimum atomic E-state index is 0.673. The molecule has 4 rings (SSSR count). The number of pyridine rings is 1. The lowest BCUT2D eigenvalue weighted by molar-refractivity contribution is 0.319. The summed E-state index contributed by atoms with van der Waals surface area (Å²) in [6.45, 7) is 0. The highest BCUT2D eigenvalue weighted by molar-refractivity contribution is 6.16. The normalized spacial score (nSPS) is 14.3. The summed E-state index contributed by atoms with van der Waals surface area (Å²) >= 11 is 0. The predicted octanol–water partition coefficient (Wildman–Crippen LogP) is 3.80. The first-order chi connectivity index (χ1) is 11.4. The lowest BCUT2D eigenvalue weighted by atomic mass is 9.81. The number of benzene rings is 2. The van der Waals surface area contributed by atoms with Gasteiger partial charge in [0.15, 0.2) is 0 Å². The summed E-state index contributed by atoms with van der Waals surface area (Å²) < 4.78 is 0. The maximum atomic E-state index is 9.65. The zero-order chi connectivity index (χ0) is 15.6. The van der Waals surface area contributed by atoms with Crippen LogP contribution in [-0.4, -0.2) is 15.9 Å². The third-order valence-electron chi connectivity index (χ3n) is 4.37. The van der Waals surface area contributed by atoms with Crippen LogP contribution in [0.1, 0.15) is 33.4 Å². The second kappa shape index (κ2) is 5.69. The molecule has 23 heavy (non-hydrogen) atoms. The van der Waals surface area contributed by atoms with Gasteiger partial charge in [-0.05, 0) is 47.2 Å². The Kier molecular flexibility index (Phi) is 3.39. The Morgan fingerprint density at radius 3 is 2.52 bits per heavy atom. The predicted molar refractivity (Wildman–Crippen MR) is 90.2 cm³/mol. The first-order valence-corrected chi connectivity index (χ1v) is 7.67. The largest absolute Gasteiger partial charge is 0.410 e. The molecule has 0 fully saturated rings. The van der Waals surface area contributed by atoms with Crippen LogP contribution in [0.3, 0.4) is 0 Å². The molecule has 0 unspecified atom stereocenters. The van der Waals surface area contributed by atoms with E-state index in [1.165, 1.54) is 22.3 Å². The Morgan fingerprint density at radius 1 is 0.913 bits per heavy atom. The lowest BCUT2D eigenvalue weighted by Gasteiger charge is -2.23. The van der Waals surface area contributed by atoms with E-state index in [4.69, 9.17) is 0 Å². The molecule has 1 N–H and O–H groups in total. The van der Waals surface area contributed by atoms with Gasteiger partial charge < -0.3 is 5.21 Å². The summed E-state index contributed by atoms with van der Waals surface area (Å²) in [4.78, 5) is 4.07. The third kappa shape index (κ3) is 2.40. The quantitative estimate of drug-likeness (QED) is 0.452. The van der Waals surface area contributed by atoms with E-state index in [1.807, 2.05) is 30.3 Å². The monoisotopic (exact) mass is 300 g/mol. The van der Waals surface area contributed by atoms with E-state index < -0.39 is 0 Å². The minimum Gasteiger partial charge on any atom is -0.410 e. The zero-order valence-electron chi connectivity index (χ0n) is 12.6. The van der Waals surface area contributed by atoms with Crippen molar-refractivity contribution in [3.05, 3.63) is 100 Å². The molecule has 0 radical (unpaired) electrons. The first-order valence-electron chi connectivity index (χ1n) is 7.67. The van der Waals surface area contributed by atoms with Crippen LogP contribution in [0, 0.1) is 0 Å². The lowest BCUT2D eigenvalue weighted by Crippen LogP contribution is -2.18. The standard InChI is InChI=1S/C20H16N2O/c23-22-20-18-7-2-1-4-15(18)13-17-6-3-5-16(19(17)20)12-14-8-10-21-11-9-14/h1-11,23H,12-13H2. The molecule has 1 aromatic heterocycles. The molecule has 1 aliphatic rings. The molecule has 3 aromatic rings. The van der Waals surface area contributed by atoms with Gasteiger partial charge in [-0.15, -0.1) is 0 Å². The van der Waals surface area contributed by atoms with Crippen molar-refractivity contribution in [3.63, 3.8) is 0 Å². The second-order valence-electron chi connectivity index (χ2n) is 5.77. The van der Waals surface area contributed by atoms with E-state index in [9.17, 15) is 5.21 Å². The summed E-state index contributed by atoms with van der Waals surface area (Å²) in [5.74, 6) is 0. The average Bonchev–Trinajstić information content (AvgIpc) is 2.61. The van der Waals surface area contributed by atoms with Crippen molar-refractivity contribution < 1.29 is 5.21 Å². The maximum absolute atomic E-state index is 9.65. The van der Waals surface area contributed by atoms with Crippen molar-refractivity contribution in [3.8, 4) is 0 Å². The number of rotatable bonds is 2. The Bertz CT molecular complexity index is 885. The van der Waals surface area contributed by atoms with Gasteiger partial charge in [0.2, 0.25) is 0 Å². The van der Waals surface area contributed by atoms with E-state index in [0.29, 0.717) is 5.71 Å². The first kappa shape index (κ1) is 13.7. The Balaban J connectivity index is 1.85. The summed E-state index contributed by atoms with van der Waals surface area (Å²) in [5.41, 5.74) is 7.54. The van der Waals surface area contributed by atoms with Gasteiger partial charge in [0, 0.05) is 23.5 Å². The minimum absolute atomic E-state index is 0.673. The van der Waals surface area contributed by atoms with Crippen LogP contribution in [0.2, 0.25) is 0 Å². The molecule has 3 heteroatoms. The topological polar surface area (TPSA) is 45.5 Å². The maximum Gasteiger partial charge on any atom is 0.117 e. The zero-order valence-corrected chi connectivity index (χ0v) is 12.6. The third-order valence-corrected chi connectivity index (χ3v) is 4.37. The van der Waals surface area contributed by atoms with Crippen molar-refractivity contribution in [2.24, 2.45) is 5.16 Å². The highest BCUT2D eigenvalue weighted by atomic mass is 16.4. The fraction of sp³-hybridized carbons (Fsp3) is 0.100. The molecule has 0 bridgehead atoms. The van der Waals surface area contributed by atoms with Crippen LogP contribution < -0.4 is 0 Å². The fourth-order valence-electron chi connectivity index (χ4n) is 3.32. The van der Waals surface area contributed by atoms with Gasteiger partial charge in [-0.25, -0.2) is 0 Å². The molecule has 1 heterocycles. The Labute approximate surface area is 134 Å². The van der Waals surface area contributed by atoms with Crippen LogP contribution in [0.15, 0.2) is 72.1 Å². The molecular weight excluding hydrogens is 284 g/mol. The van der Waals surface area contributed by atoms with Gasteiger partial charge in [-0.1, -0.05) is 47.6 Å². The van der Waals surface area contributed by atoms with Gasteiger partial charge in [-0.3, -0.25) is 4.98 Å². The van der Waals surface area contributed by atoms with E-state index in [-0.39, 0.29) is 0 Å². The van der Waals surface area contributed by atoms with Crippen molar-refractivity contribution in [1.82, 2.24) is 4.98 Å². The van der Waals surface area contributed by atoms with Crippen molar-refractivity contribution in [1.29, 1.82) is 0 Å². The van der Waals surface area contributed by atoms with Crippen LogP contribution >= 0.6 is 0 Å². The van der Waals surface area contributed by atoms with Crippen LogP contribution in [0.25, 0.3) is 0 Å². The van der Waals surface area contributed by atoms with E-state index in [0.717, 1.165) is 24.0 Å². The van der Waals surface area contributed by atoms with Gasteiger partial charge in [0.1, 0.15) is 5.71 Å². The molecule has 1 aliphatic carbocycles. The van der Waals surface area contributed by atoms with Gasteiger partial charge in [-0.2, -0.15) is 0 Å². The SMILES string of the molecule is ON=C1c2ccccc2Cc2cccc(Cc3ccncc3)c21. The van der Waals surface area contributed by atoms with Crippen LogP contribution in [-0.2, 0) is 12.8 Å². The molecule has 0 aliphatic heterocycles. The second-order valence-corrected chi connectivity index (χ2v) is 5.77. The van der Waals surface area contributed by atoms with Crippen molar-refractivity contribution in [2.45, 2.75) is 12.8 Å². The molecule has 0 spiro atoms. The van der Waals surface area contributed by atoms with Crippen LogP contribution in [0.4, 0.5) is 0 Å². The molecule has 2 aromatic carbocycles. The van der Waals surface area contributed by atoms with Gasteiger partial charge in [0.05, 0.1) is 0 Å². The van der Waals surface area contributed by atoms with Crippen LogP contribution in [0.5, 0.6) is 0 Å². The highest BCUT2D eigenvalue weighted by Crippen LogP contribution is 2.30. The number of nitrogens with zero attached hydrogens (tertiary/aromatic N) is 2. The fourth-order valence-corrected chi connectivity index (χ4v) is 3.32. The Hall–Kier alpha value is -2.94. The molecule has 0 amide bonds. The molecule has 3 nitrogen and oxygen atoms in total. The van der Waals surface area contributed by atoms with Gasteiger partial charge in [0.25, 0.3) is 0 Å². The highest BCUT2D eigenvalue weighted by Gasteiger charge is 2.24. The number of aromatic nitrogens is 1. The average molecular weight is 300 g/mol. The number of hydrogen-bond acceptors (Lipinski definition) is 3. The molecule has 0 saturated heterocycles. The summed E-state index contributed by atoms with van der Waals surface area (Å²) in [6.07, 6.45) is 5.28. The summed E-state index contributed by atoms with van der Waals surface area (Å²) in [6, 6.07) is 18.5. The number of hydrogen-bond donors (Lipinski definition) is 1. The molecule has 0 atom stereocenters. The van der Waals surface area contributed by atoms with Crippen molar-refractivity contribution in [2.75, 3.05) is 0 Å². The smallest absolute Gasteiger partial charge is 0.117 e. The summed E-state index contributed by atoms with van der Waals surface area (Å²) in [7, 11) is 0. The molecule has 0 saturated carbocycles. The molecular formula is C20H16N2O. The summed E-state index contributed by atoms with van der Waals surface area (Å²) in [5, 5.41) is 13.3.